The number of nitrogens with zero attached hydrogens (tertiary/aromatic N) is 1. The molecule has 0 amide bonds. The number of fused-ring (bicyclic) bond motifs is 1. The third kappa shape index (κ3) is 3.15. The lowest BCUT2D eigenvalue weighted by molar-refractivity contribution is 0.0325. The highest BCUT2D eigenvalue weighted by Crippen LogP contribution is 2.17. The van der Waals surface area contributed by atoms with Gasteiger partial charge in [-0.3, -0.25) is 4.98 Å². The van der Waals surface area contributed by atoms with Gasteiger partial charge in [-0.15, -0.1) is 0 Å². The van der Waals surface area contributed by atoms with Crippen LogP contribution in [0.15, 0.2) is 36.5 Å². The van der Waals surface area contributed by atoms with Gasteiger partial charge in [0.25, 0.3) is 0 Å². The van der Waals surface area contributed by atoms with E-state index in [-0.39, 0.29) is 13.2 Å². The van der Waals surface area contributed by atoms with Crippen molar-refractivity contribution in [3.05, 3.63) is 36.5 Å². The Morgan fingerprint density at radius 2 is 2.12 bits per heavy atom. The molecule has 1 N–H and O–H groups in total. The molecule has 90 valence electrons. The topological polar surface area (TPSA) is 51.6 Å². The van der Waals surface area contributed by atoms with Gasteiger partial charge in [0, 0.05) is 12.5 Å². The van der Waals surface area contributed by atoms with E-state index in [0.29, 0.717) is 5.75 Å². The third-order valence-corrected chi connectivity index (χ3v) is 2.37. The van der Waals surface area contributed by atoms with Crippen LogP contribution in [0.1, 0.15) is 0 Å². The number of hydrogen-bond donors (Lipinski definition) is 1. The van der Waals surface area contributed by atoms with E-state index in [4.69, 9.17) is 9.47 Å². The highest BCUT2D eigenvalue weighted by molar-refractivity contribution is 5.79. The van der Waals surface area contributed by atoms with Crippen LogP contribution in [0.25, 0.3) is 10.9 Å². The zero-order chi connectivity index (χ0) is 12.1. The summed E-state index contributed by atoms with van der Waals surface area (Å²) in [4.78, 5) is 4.27. The van der Waals surface area contributed by atoms with Crippen LogP contribution in [-0.2, 0) is 4.74 Å². The maximum absolute atomic E-state index is 9.45. The zero-order valence-corrected chi connectivity index (χ0v) is 9.67. The number of aromatic nitrogens is 1. The molecule has 0 bridgehead atoms. The minimum absolute atomic E-state index is 0.202. The smallest absolute Gasteiger partial charge is 0.138 e. The molecule has 2 aromatic rings. The first kappa shape index (κ1) is 11.8. The number of ether oxygens (including phenoxy) is 2. The first-order valence-electron chi connectivity index (χ1n) is 5.44. The summed E-state index contributed by atoms with van der Waals surface area (Å²) in [5, 5.41) is 10.5. The van der Waals surface area contributed by atoms with Gasteiger partial charge < -0.3 is 14.6 Å². The first-order valence-corrected chi connectivity index (χ1v) is 5.44. The van der Waals surface area contributed by atoms with Gasteiger partial charge in [0.2, 0.25) is 0 Å². The van der Waals surface area contributed by atoms with E-state index in [1.165, 1.54) is 0 Å². The van der Waals surface area contributed by atoms with Crippen LogP contribution in [0.3, 0.4) is 0 Å². The van der Waals surface area contributed by atoms with Gasteiger partial charge in [0.05, 0.1) is 18.3 Å². The number of pyridine rings is 1. The van der Waals surface area contributed by atoms with Crippen molar-refractivity contribution < 1.29 is 14.6 Å². The third-order valence-electron chi connectivity index (χ3n) is 2.37. The van der Waals surface area contributed by atoms with E-state index in [1.807, 2.05) is 30.3 Å². The van der Waals surface area contributed by atoms with E-state index in [2.05, 4.69) is 4.98 Å². The standard InChI is InChI=1S/C13H15NO3/c1-16-8-11(15)9-17-12-6-10-4-2-3-5-13(10)14-7-12/h2-7,11,15H,8-9H2,1H3/t11-/m0/s1. The highest BCUT2D eigenvalue weighted by atomic mass is 16.5. The molecule has 0 aliphatic rings. The maximum Gasteiger partial charge on any atom is 0.138 e. The quantitative estimate of drug-likeness (QED) is 0.852. The molecule has 1 aromatic heterocycles. The summed E-state index contributed by atoms with van der Waals surface area (Å²) >= 11 is 0. The monoisotopic (exact) mass is 233 g/mol. The molecule has 1 heterocycles. The molecule has 4 heteroatoms. The fourth-order valence-corrected chi connectivity index (χ4v) is 1.56. The summed E-state index contributed by atoms with van der Waals surface area (Å²) in [6, 6.07) is 9.72. The Balaban J connectivity index is 2.04. The van der Waals surface area contributed by atoms with E-state index in [0.717, 1.165) is 10.9 Å². The fourth-order valence-electron chi connectivity index (χ4n) is 1.56. The van der Waals surface area contributed by atoms with Crippen LogP contribution in [0.5, 0.6) is 5.75 Å². The predicted molar refractivity (Wildman–Crippen MR) is 65.1 cm³/mol. The minimum atomic E-state index is -0.619. The average molecular weight is 233 g/mol. The van der Waals surface area contributed by atoms with Gasteiger partial charge in [-0.2, -0.15) is 0 Å². The minimum Gasteiger partial charge on any atom is -0.489 e. The molecule has 0 aliphatic heterocycles. The molecular formula is C13H15NO3. The zero-order valence-electron chi connectivity index (χ0n) is 9.67. The van der Waals surface area contributed by atoms with E-state index in [1.54, 1.807) is 13.3 Å². The second-order valence-electron chi connectivity index (χ2n) is 3.78. The van der Waals surface area contributed by atoms with E-state index >= 15 is 0 Å². The Morgan fingerprint density at radius 3 is 2.94 bits per heavy atom. The highest BCUT2D eigenvalue weighted by Gasteiger charge is 2.05. The SMILES string of the molecule is COC[C@H](O)COc1cnc2ccccc2c1. The number of para-hydroxylation sites is 1. The Hall–Kier alpha value is -1.65. The molecule has 1 aromatic carbocycles. The second kappa shape index (κ2) is 5.61. The molecule has 0 saturated heterocycles. The fraction of sp³-hybridized carbons (Fsp3) is 0.308. The van der Waals surface area contributed by atoms with Crippen molar-refractivity contribution in [2.75, 3.05) is 20.3 Å². The number of aliphatic hydroxyl groups excluding tert-OH is 1. The van der Waals surface area contributed by atoms with Crippen molar-refractivity contribution in [3.8, 4) is 5.75 Å². The number of methoxy groups -OCH3 is 1. The van der Waals surface area contributed by atoms with Crippen molar-refractivity contribution in [2.24, 2.45) is 0 Å². The summed E-state index contributed by atoms with van der Waals surface area (Å²) in [5.74, 6) is 0.652. The molecular weight excluding hydrogens is 218 g/mol. The molecule has 0 spiro atoms. The molecule has 0 aliphatic carbocycles. The van der Waals surface area contributed by atoms with E-state index < -0.39 is 6.10 Å². The lowest BCUT2D eigenvalue weighted by atomic mass is 10.2. The summed E-state index contributed by atoms with van der Waals surface area (Å²) in [6.07, 6.45) is 1.04. The van der Waals surface area contributed by atoms with Gasteiger partial charge in [0.15, 0.2) is 0 Å². The van der Waals surface area contributed by atoms with Crippen molar-refractivity contribution in [1.82, 2.24) is 4.98 Å². The van der Waals surface area contributed by atoms with Crippen LogP contribution < -0.4 is 4.74 Å². The van der Waals surface area contributed by atoms with Gasteiger partial charge in [-0.1, -0.05) is 18.2 Å². The van der Waals surface area contributed by atoms with Crippen LogP contribution in [0.4, 0.5) is 0 Å². The number of benzene rings is 1. The molecule has 0 unspecified atom stereocenters. The largest absolute Gasteiger partial charge is 0.489 e. The van der Waals surface area contributed by atoms with Gasteiger partial charge in [-0.05, 0) is 12.1 Å². The van der Waals surface area contributed by atoms with Crippen molar-refractivity contribution in [2.45, 2.75) is 6.10 Å². The van der Waals surface area contributed by atoms with Crippen LogP contribution in [0.2, 0.25) is 0 Å². The van der Waals surface area contributed by atoms with Gasteiger partial charge >= 0.3 is 0 Å². The Bertz CT molecular complexity index is 487. The second-order valence-corrected chi connectivity index (χ2v) is 3.78. The average Bonchev–Trinajstić information content (AvgIpc) is 2.36. The molecule has 0 saturated carbocycles. The Labute approximate surface area is 99.8 Å². The Kier molecular flexibility index (Phi) is 3.90. The summed E-state index contributed by atoms with van der Waals surface area (Å²) in [5.41, 5.74) is 0.928. The molecule has 0 fully saturated rings. The summed E-state index contributed by atoms with van der Waals surface area (Å²) in [7, 11) is 1.54. The van der Waals surface area contributed by atoms with Gasteiger partial charge in [-0.25, -0.2) is 0 Å². The molecule has 0 radical (unpaired) electrons. The van der Waals surface area contributed by atoms with Crippen molar-refractivity contribution in [3.63, 3.8) is 0 Å². The van der Waals surface area contributed by atoms with Crippen molar-refractivity contribution in [1.29, 1.82) is 0 Å². The molecule has 2 rings (SSSR count). The Morgan fingerprint density at radius 1 is 1.29 bits per heavy atom. The van der Waals surface area contributed by atoms with E-state index in [9.17, 15) is 5.11 Å². The summed E-state index contributed by atoms with van der Waals surface area (Å²) < 4.78 is 10.3. The van der Waals surface area contributed by atoms with Crippen LogP contribution in [0, 0.1) is 0 Å². The first-order chi connectivity index (χ1) is 8.29. The molecule has 17 heavy (non-hydrogen) atoms. The molecule has 4 nitrogen and oxygen atoms in total. The number of rotatable bonds is 5. The number of hydrogen-bond acceptors (Lipinski definition) is 4. The normalized spacial score (nSPS) is 12.6. The van der Waals surface area contributed by atoms with Gasteiger partial charge in [0.1, 0.15) is 18.5 Å². The molecule has 1 atom stereocenters. The predicted octanol–water partition coefficient (Wildman–Crippen LogP) is 1.62. The van der Waals surface area contributed by atoms with Crippen LogP contribution in [-0.4, -0.2) is 36.5 Å². The maximum atomic E-state index is 9.45. The lowest BCUT2D eigenvalue weighted by Gasteiger charge is -2.11. The number of aliphatic hydroxyl groups is 1. The van der Waals surface area contributed by atoms with Crippen molar-refractivity contribution >= 4 is 10.9 Å². The van der Waals surface area contributed by atoms with Crippen LogP contribution >= 0.6 is 0 Å². The lowest BCUT2D eigenvalue weighted by Crippen LogP contribution is -2.22. The summed E-state index contributed by atoms with van der Waals surface area (Å²) in [6.45, 7) is 0.467.